The highest BCUT2D eigenvalue weighted by molar-refractivity contribution is 5.32. The van der Waals surface area contributed by atoms with E-state index in [1.54, 1.807) is 24.3 Å². The summed E-state index contributed by atoms with van der Waals surface area (Å²) in [6.45, 7) is -0.166. The third-order valence-corrected chi connectivity index (χ3v) is 1.63. The number of nitro groups is 1. The standard InChI is InChI=1S/C8H9NO4/c10-9(11)6-5-7-3-1-2-4-8(7)13-12/h1-4,12H,5-6H2. The molecule has 0 spiro atoms. The van der Waals surface area contributed by atoms with Crippen molar-refractivity contribution >= 4 is 0 Å². The Labute approximate surface area is 74.7 Å². The molecule has 0 heterocycles. The summed E-state index contributed by atoms with van der Waals surface area (Å²) >= 11 is 0. The molecular weight excluding hydrogens is 174 g/mol. The van der Waals surface area contributed by atoms with Crippen LogP contribution in [0.5, 0.6) is 5.75 Å². The number of nitrogens with zero attached hydrogens (tertiary/aromatic N) is 1. The fourth-order valence-electron chi connectivity index (χ4n) is 1.01. The van der Waals surface area contributed by atoms with Gasteiger partial charge in [0.25, 0.3) is 0 Å². The molecule has 1 rings (SSSR count). The van der Waals surface area contributed by atoms with Crippen molar-refractivity contribution in [2.45, 2.75) is 6.42 Å². The van der Waals surface area contributed by atoms with Crippen LogP contribution in [0.1, 0.15) is 5.56 Å². The number of benzene rings is 1. The topological polar surface area (TPSA) is 72.6 Å². The van der Waals surface area contributed by atoms with Gasteiger partial charge in [-0.05, 0) is 6.07 Å². The Hall–Kier alpha value is -1.62. The largest absolute Gasteiger partial charge is 0.340 e. The van der Waals surface area contributed by atoms with E-state index in [9.17, 15) is 10.1 Å². The second-order valence-corrected chi connectivity index (χ2v) is 2.51. The molecule has 0 fully saturated rings. The Kier molecular flexibility index (Phi) is 3.22. The van der Waals surface area contributed by atoms with Crippen molar-refractivity contribution in [2.75, 3.05) is 6.54 Å². The third kappa shape index (κ3) is 2.72. The minimum Gasteiger partial charge on any atom is -0.340 e. The van der Waals surface area contributed by atoms with Crippen molar-refractivity contribution < 1.29 is 15.1 Å². The van der Waals surface area contributed by atoms with Gasteiger partial charge in [-0.2, -0.15) is 0 Å². The zero-order chi connectivity index (χ0) is 9.68. The van der Waals surface area contributed by atoms with Gasteiger partial charge in [-0.15, -0.1) is 0 Å². The zero-order valence-corrected chi connectivity index (χ0v) is 6.84. The van der Waals surface area contributed by atoms with Crippen LogP contribution >= 0.6 is 0 Å². The van der Waals surface area contributed by atoms with Crippen molar-refractivity contribution in [3.05, 3.63) is 39.9 Å². The van der Waals surface area contributed by atoms with E-state index in [2.05, 4.69) is 4.89 Å². The fourth-order valence-corrected chi connectivity index (χ4v) is 1.01. The van der Waals surface area contributed by atoms with Crippen LogP contribution in [-0.2, 0) is 6.42 Å². The molecule has 70 valence electrons. The fraction of sp³-hybridized carbons (Fsp3) is 0.250. The summed E-state index contributed by atoms with van der Waals surface area (Å²) in [5.74, 6) is 0.268. The summed E-state index contributed by atoms with van der Waals surface area (Å²) < 4.78 is 0. The van der Waals surface area contributed by atoms with E-state index in [1.165, 1.54) is 0 Å². The summed E-state index contributed by atoms with van der Waals surface area (Å²) in [4.78, 5) is 13.7. The molecule has 0 radical (unpaired) electrons. The van der Waals surface area contributed by atoms with Gasteiger partial charge in [-0.25, -0.2) is 5.26 Å². The second-order valence-electron chi connectivity index (χ2n) is 2.51. The Bertz CT molecular complexity index is 300. The van der Waals surface area contributed by atoms with E-state index in [-0.39, 0.29) is 18.7 Å². The van der Waals surface area contributed by atoms with Crippen molar-refractivity contribution in [2.24, 2.45) is 0 Å². The molecular formula is C8H9NO4. The molecule has 0 bridgehead atoms. The van der Waals surface area contributed by atoms with E-state index < -0.39 is 4.92 Å². The molecule has 0 aliphatic rings. The molecule has 1 N–H and O–H groups in total. The van der Waals surface area contributed by atoms with Crippen LogP contribution in [0.3, 0.4) is 0 Å². The van der Waals surface area contributed by atoms with Crippen molar-refractivity contribution in [3.63, 3.8) is 0 Å². The summed E-state index contributed by atoms with van der Waals surface area (Å²) in [6, 6.07) is 6.64. The van der Waals surface area contributed by atoms with Gasteiger partial charge in [-0.3, -0.25) is 10.1 Å². The Morgan fingerprint density at radius 3 is 2.77 bits per heavy atom. The van der Waals surface area contributed by atoms with Gasteiger partial charge in [0.1, 0.15) is 0 Å². The molecule has 0 saturated carbocycles. The van der Waals surface area contributed by atoms with Gasteiger partial charge >= 0.3 is 0 Å². The Morgan fingerprint density at radius 2 is 2.15 bits per heavy atom. The molecule has 0 aliphatic heterocycles. The first-order valence-electron chi connectivity index (χ1n) is 3.75. The number of hydrogen-bond acceptors (Lipinski definition) is 4. The first-order chi connectivity index (χ1) is 6.24. The quantitative estimate of drug-likeness (QED) is 0.434. The molecule has 0 aliphatic carbocycles. The van der Waals surface area contributed by atoms with Gasteiger partial charge in [0.15, 0.2) is 5.75 Å². The van der Waals surface area contributed by atoms with Crippen LogP contribution in [0, 0.1) is 10.1 Å². The second kappa shape index (κ2) is 4.42. The van der Waals surface area contributed by atoms with Gasteiger partial charge in [-0.1, -0.05) is 18.2 Å². The van der Waals surface area contributed by atoms with E-state index in [1.807, 2.05) is 0 Å². The normalized spacial score (nSPS) is 9.62. The first kappa shape index (κ1) is 9.47. The maximum atomic E-state index is 10.1. The molecule has 0 amide bonds. The minimum atomic E-state index is -0.409. The van der Waals surface area contributed by atoms with Crippen LogP contribution < -0.4 is 4.89 Å². The van der Waals surface area contributed by atoms with E-state index >= 15 is 0 Å². The lowest BCUT2D eigenvalue weighted by Crippen LogP contribution is -2.05. The van der Waals surface area contributed by atoms with E-state index in [0.717, 1.165) is 0 Å². The van der Waals surface area contributed by atoms with E-state index in [4.69, 9.17) is 5.26 Å². The highest BCUT2D eigenvalue weighted by atomic mass is 17.1. The van der Waals surface area contributed by atoms with Crippen LogP contribution in [0.25, 0.3) is 0 Å². The maximum absolute atomic E-state index is 10.1. The van der Waals surface area contributed by atoms with Gasteiger partial charge < -0.3 is 4.89 Å². The summed E-state index contributed by atoms with van der Waals surface area (Å²) in [6.07, 6.45) is 0.254. The Balaban J connectivity index is 2.69. The molecule has 0 atom stereocenters. The number of hydrogen-bond donors (Lipinski definition) is 1. The molecule has 5 nitrogen and oxygen atoms in total. The highest BCUT2D eigenvalue weighted by Gasteiger charge is 2.05. The Morgan fingerprint density at radius 1 is 1.46 bits per heavy atom. The maximum Gasteiger partial charge on any atom is 0.208 e. The monoisotopic (exact) mass is 183 g/mol. The first-order valence-corrected chi connectivity index (χ1v) is 3.75. The minimum absolute atomic E-state index is 0.166. The third-order valence-electron chi connectivity index (χ3n) is 1.63. The average Bonchev–Trinajstić information content (AvgIpc) is 2.15. The molecule has 1 aromatic carbocycles. The SMILES string of the molecule is O=[N+]([O-])CCc1ccccc1OO. The molecule has 0 unspecified atom stereocenters. The highest BCUT2D eigenvalue weighted by Crippen LogP contribution is 2.17. The predicted molar refractivity (Wildman–Crippen MR) is 45.3 cm³/mol. The number of para-hydroxylation sites is 1. The summed E-state index contributed by atoms with van der Waals surface area (Å²) in [5, 5.41) is 18.5. The molecule has 5 heteroatoms. The molecule has 13 heavy (non-hydrogen) atoms. The summed E-state index contributed by atoms with van der Waals surface area (Å²) in [7, 11) is 0. The van der Waals surface area contributed by atoms with E-state index in [0.29, 0.717) is 5.56 Å². The van der Waals surface area contributed by atoms with Gasteiger partial charge in [0, 0.05) is 16.9 Å². The van der Waals surface area contributed by atoms with Gasteiger partial charge in [0.2, 0.25) is 6.54 Å². The zero-order valence-electron chi connectivity index (χ0n) is 6.84. The lowest BCUT2D eigenvalue weighted by atomic mass is 10.1. The van der Waals surface area contributed by atoms with Gasteiger partial charge in [0.05, 0.1) is 0 Å². The van der Waals surface area contributed by atoms with Crippen LogP contribution in [-0.4, -0.2) is 16.7 Å². The molecule has 0 aromatic heterocycles. The van der Waals surface area contributed by atoms with Crippen LogP contribution in [0.2, 0.25) is 0 Å². The lowest BCUT2D eigenvalue weighted by molar-refractivity contribution is -0.479. The number of rotatable bonds is 4. The van der Waals surface area contributed by atoms with Crippen molar-refractivity contribution in [3.8, 4) is 5.75 Å². The van der Waals surface area contributed by atoms with Crippen molar-refractivity contribution in [1.82, 2.24) is 0 Å². The predicted octanol–water partition coefficient (Wildman–Crippen LogP) is 1.36. The lowest BCUT2D eigenvalue weighted by Gasteiger charge is -2.02. The molecule has 1 aromatic rings. The van der Waals surface area contributed by atoms with Crippen LogP contribution in [0.4, 0.5) is 0 Å². The summed E-state index contributed by atoms with van der Waals surface area (Å²) in [5.41, 5.74) is 0.627. The van der Waals surface area contributed by atoms with Crippen molar-refractivity contribution in [1.29, 1.82) is 0 Å². The smallest absolute Gasteiger partial charge is 0.208 e. The molecule has 0 saturated heterocycles. The average molecular weight is 183 g/mol. The van der Waals surface area contributed by atoms with Crippen LogP contribution in [0.15, 0.2) is 24.3 Å².